The highest BCUT2D eigenvalue weighted by atomic mass is 19.4. The Bertz CT molecular complexity index is 446. The van der Waals surface area contributed by atoms with E-state index in [4.69, 9.17) is 4.74 Å². The average Bonchev–Trinajstić information content (AvgIpc) is 2.91. The van der Waals surface area contributed by atoms with E-state index in [1.165, 1.54) is 12.8 Å². The molecule has 1 saturated heterocycles. The highest BCUT2D eigenvalue weighted by Crippen LogP contribution is 2.34. The Labute approximate surface area is 111 Å². The number of halogens is 7. The van der Waals surface area contributed by atoms with Crippen LogP contribution in [0.15, 0.2) is 0 Å². The Kier molecular flexibility index (Phi) is 5.44. The van der Waals surface area contributed by atoms with Gasteiger partial charge in [0.1, 0.15) is 13.4 Å². The van der Waals surface area contributed by atoms with Crippen LogP contribution >= 0.6 is 0 Å². The van der Waals surface area contributed by atoms with E-state index in [2.05, 4.69) is 7.85 Å². The van der Waals surface area contributed by atoms with Gasteiger partial charge in [-0.3, -0.25) is 0 Å². The summed E-state index contributed by atoms with van der Waals surface area (Å²) in [6, 6.07) is 0. The van der Waals surface area contributed by atoms with Crippen LogP contribution in [0.3, 0.4) is 0 Å². The van der Waals surface area contributed by atoms with Crippen LogP contribution in [0, 0.1) is 23.3 Å². The minimum absolute atomic E-state index is 1.00. The van der Waals surface area contributed by atoms with Crippen molar-refractivity contribution in [2.75, 3.05) is 13.2 Å². The first-order valence-electron chi connectivity index (χ1n) is 5.44. The molecule has 1 aliphatic rings. The zero-order valence-electron chi connectivity index (χ0n) is 9.96. The number of rotatable bonds is 0. The smallest absolute Gasteiger partial charge is 0.381 e. The van der Waals surface area contributed by atoms with Gasteiger partial charge in [-0.15, -0.1) is 0 Å². The van der Waals surface area contributed by atoms with Gasteiger partial charge in [-0.2, -0.15) is 13.2 Å². The zero-order valence-corrected chi connectivity index (χ0v) is 9.96. The van der Waals surface area contributed by atoms with E-state index in [0.717, 1.165) is 13.2 Å². The molecule has 0 amide bonds. The first-order chi connectivity index (χ1) is 9.18. The second-order valence-corrected chi connectivity index (χ2v) is 3.86. The summed E-state index contributed by atoms with van der Waals surface area (Å²) in [4.78, 5) is 0. The molecule has 20 heavy (non-hydrogen) atoms. The molecular formula is C11H8BF7O. The maximum atomic E-state index is 12.6. The second kappa shape index (κ2) is 6.47. The summed E-state index contributed by atoms with van der Waals surface area (Å²) in [5, 5.41) is 0. The molecule has 2 radical (unpaired) electrons. The highest BCUT2D eigenvalue weighted by molar-refractivity contribution is 6.32. The van der Waals surface area contributed by atoms with Gasteiger partial charge in [0.25, 0.3) is 0 Å². The fourth-order valence-corrected chi connectivity index (χ4v) is 1.41. The molecule has 1 aliphatic heterocycles. The van der Waals surface area contributed by atoms with Crippen molar-refractivity contribution in [1.29, 1.82) is 0 Å². The molecule has 1 nitrogen and oxygen atoms in total. The predicted molar refractivity (Wildman–Crippen MR) is 56.7 cm³/mol. The molecule has 1 heterocycles. The molecule has 2 rings (SSSR count). The van der Waals surface area contributed by atoms with Crippen LogP contribution in [-0.2, 0) is 10.9 Å². The van der Waals surface area contributed by atoms with Gasteiger partial charge in [-0.1, -0.05) is 0 Å². The fourth-order valence-electron chi connectivity index (χ4n) is 1.41. The van der Waals surface area contributed by atoms with Crippen molar-refractivity contribution in [3.63, 3.8) is 0 Å². The number of alkyl halides is 3. The second-order valence-electron chi connectivity index (χ2n) is 3.86. The normalized spacial score (nSPS) is 14.9. The number of ether oxygens (including phenoxy) is 1. The van der Waals surface area contributed by atoms with E-state index >= 15 is 0 Å². The van der Waals surface area contributed by atoms with Gasteiger partial charge in [0, 0.05) is 13.2 Å². The van der Waals surface area contributed by atoms with E-state index in [-0.39, 0.29) is 0 Å². The molecular weight excluding hydrogens is 292 g/mol. The summed E-state index contributed by atoms with van der Waals surface area (Å²) in [7, 11) is 4.50. The minimum Gasteiger partial charge on any atom is -0.381 e. The molecule has 0 saturated carbocycles. The Morgan fingerprint density at radius 1 is 0.800 bits per heavy atom. The van der Waals surface area contributed by atoms with Gasteiger partial charge in [0.15, 0.2) is 23.3 Å². The fraction of sp³-hybridized carbons (Fsp3) is 0.455. The molecule has 0 aromatic heterocycles. The topological polar surface area (TPSA) is 9.23 Å². The van der Waals surface area contributed by atoms with Gasteiger partial charge in [-0.05, 0) is 18.3 Å². The maximum absolute atomic E-state index is 12.6. The Balaban J connectivity index is 0.000000333. The average molecular weight is 300 g/mol. The summed E-state index contributed by atoms with van der Waals surface area (Å²) in [6.45, 7) is 2.00. The first-order valence-corrected chi connectivity index (χ1v) is 5.44. The zero-order chi connectivity index (χ0) is 15.5. The Morgan fingerprint density at radius 2 is 1.20 bits per heavy atom. The van der Waals surface area contributed by atoms with Crippen LogP contribution in [0.25, 0.3) is 0 Å². The molecule has 0 bridgehead atoms. The largest absolute Gasteiger partial charge is 0.422 e. The lowest BCUT2D eigenvalue weighted by Crippen LogP contribution is -2.24. The quantitative estimate of drug-likeness (QED) is 0.407. The van der Waals surface area contributed by atoms with Crippen LogP contribution in [0.1, 0.15) is 18.4 Å². The number of hydrogen-bond acceptors (Lipinski definition) is 1. The van der Waals surface area contributed by atoms with Crippen LogP contribution in [-0.4, -0.2) is 21.1 Å². The number of hydrogen-bond donors (Lipinski definition) is 0. The molecule has 9 heteroatoms. The lowest BCUT2D eigenvalue weighted by atomic mass is 9.92. The summed E-state index contributed by atoms with van der Waals surface area (Å²) >= 11 is 0. The monoisotopic (exact) mass is 300 g/mol. The van der Waals surface area contributed by atoms with Gasteiger partial charge < -0.3 is 4.74 Å². The van der Waals surface area contributed by atoms with Crippen LogP contribution in [0.2, 0.25) is 0 Å². The van der Waals surface area contributed by atoms with Crippen LogP contribution in [0.5, 0.6) is 0 Å². The molecule has 1 aromatic carbocycles. The van der Waals surface area contributed by atoms with Gasteiger partial charge in [0.2, 0.25) is 0 Å². The van der Waals surface area contributed by atoms with E-state index in [1.54, 1.807) is 0 Å². The van der Waals surface area contributed by atoms with Crippen molar-refractivity contribution in [3.8, 4) is 0 Å². The van der Waals surface area contributed by atoms with Gasteiger partial charge in [-0.25, -0.2) is 17.6 Å². The SMILES string of the molecule is C1CCOC1.[B]c1c(F)c(F)c(C(F)(F)F)c(F)c1F. The summed E-state index contributed by atoms with van der Waals surface area (Å²) in [5.41, 5.74) is -4.26. The van der Waals surface area contributed by atoms with Gasteiger partial charge in [0.05, 0.1) is 0 Å². The Hall–Kier alpha value is -1.25. The van der Waals surface area contributed by atoms with Crippen LogP contribution < -0.4 is 5.46 Å². The summed E-state index contributed by atoms with van der Waals surface area (Å²) in [5.74, 6) is -9.64. The first kappa shape index (κ1) is 16.8. The van der Waals surface area contributed by atoms with Crippen LogP contribution in [0.4, 0.5) is 30.7 Å². The number of benzene rings is 1. The molecule has 110 valence electrons. The van der Waals surface area contributed by atoms with E-state index in [1.807, 2.05) is 0 Å². The van der Waals surface area contributed by atoms with Crippen molar-refractivity contribution >= 4 is 13.3 Å². The predicted octanol–water partition coefficient (Wildman–Crippen LogP) is 2.85. The van der Waals surface area contributed by atoms with E-state index < -0.39 is 40.5 Å². The van der Waals surface area contributed by atoms with E-state index in [0.29, 0.717) is 0 Å². The standard InChI is InChI=1S/C7BF7.C4H8O/c8-2-5(11)3(9)1(7(13,14)15)4(10)6(2)12;1-2-4-5-3-1/h;1-4H2. The lowest BCUT2D eigenvalue weighted by Gasteiger charge is -2.12. The third-order valence-electron chi connectivity index (χ3n) is 2.41. The molecule has 0 atom stereocenters. The molecule has 0 unspecified atom stereocenters. The molecule has 0 N–H and O–H groups in total. The van der Waals surface area contributed by atoms with Crippen molar-refractivity contribution in [3.05, 3.63) is 28.8 Å². The lowest BCUT2D eigenvalue weighted by molar-refractivity contribution is -0.143. The highest BCUT2D eigenvalue weighted by Gasteiger charge is 2.41. The summed E-state index contributed by atoms with van der Waals surface area (Å²) in [6.07, 6.45) is -2.98. The molecule has 0 spiro atoms. The summed E-state index contributed by atoms with van der Waals surface area (Å²) < 4.78 is 91.1. The van der Waals surface area contributed by atoms with E-state index in [9.17, 15) is 30.7 Å². The minimum atomic E-state index is -5.54. The third kappa shape index (κ3) is 3.65. The maximum Gasteiger partial charge on any atom is 0.422 e. The van der Waals surface area contributed by atoms with Crippen molar-refractivity contribution in [2.24, 2.45) is 0 Å². The Morgan fingerprint density at radius 3 is 1.45 bits per heavy atom. The molecule has 1 fully saturated rings. The van der Waals surface area contributed by atoms with Crippen molar-refractivity contribution < 1.29 is 35.5 Å². The van der Waals surface area contributed by atoms with Gasteiger partial charge >= 0.3 is 6.18 Å². The third-order valence-corrected chi connectivity index (χ3v) is 2.41. The van der Waals surface area contributed by atoms with Crippen molar-refractivity contribution in [1.82, 2.24) is 0 Å². The van der Waals surface area contributed by atoms with Crippen molar-refractivity contribution in [2.45, 2.75) is 19.0 Å². The molecule has 1 aromatic rings. The molecule has 0 aliphatic carbocycles.